The highest BCUT2D eigenvalue weighted by molar-refractivity contribution is 5.85. The van der Waals surface area contributed by atoms with E-state index in [0.29, 0.717) is 0 Å². The first-order valence-corrected chi connectivity index (χ1v) is 7.46. The lowest BCUT2D eigenvalue weighted by atomic mass is 9.94. The average molecular weight is 299 g/mol. The Labute approximate surface area is 128 Å². The van der Waals surface area contributed by atoms with Crippen LogP contribution in [0, 0.1) is 5.92 Å². The molecule has 1 aromatic rings. The van der Waals surface area contributed by atoms with Gasteiger partial charge in [0.2, 0.25) is 0 Å². The molecule has 114 valence electrons. The average Bonchev–Trinajstić information content (AvgIpc) is 2.40. The molecule has 1 fully saturated rings. The molecule has 20 heavy (non-hydrogen) atoms. The second-order valence-electron chi connectivity index (χ2n) is 5.40. The molecule has 3 nitrogen and oxygen atoms in total. The predicted molar refractivity (Wildman–Crippen MR) is 86.5 cm³/mol. The number of hydrogen-bond acceptors (Lipinski definition) is 3. The van der Waals surface area contributed by atoms with Gasteiger partial charge in [0.15, 0.2) is 0 Å². The molecule has 1 heterocycles. The van der Waals surface area contributed by atoms with Crippen LogP contribution in [0.25, 0.3) is 0 Å². The molecule has 1 aromatic carbocycles. The smallest absolute Gasteiger partial charge is 0.119 e. The summed E-state index contributed by atoms with van der Waals surface area (Å²) in [5, 5.41) is 0. The first kappa shape index (κ1) is 17.3. The molecule has 1 atom stereocenters. The van der Waals surface area contributed by atoms with Crippen LogP contribution in [0.5, 0.6) is 5.75 Å². The highest BCUT2D eigenvalue weighted by Crippen LogP contribution is 2.22. The molecule has 2 N–H and O–H groups in total. The molecule has 1 saturated heterocycles. The van der Waals surface area contributed by atoms with Gasteiger partial charge in [-0.25, -0.2) is 0 Å². The van der Waals surface area contributed by atoms with Crippen LogP contribution in [0.15, 0.2) is 24.3 Å². The summed E-state index contributed by atoms with van der Waals surface area (Å²) in [6.07, 6.45) is 3.80. The summed E-state index contributed by atoms with van der Waals surface area (Å²) in [4.78, 5) is 2.55. The first-order valence-electron chi connectivity index (χ1n) is 7.46. The predicted octanol–water partition coefficient (Wildman–Crippen LogP) is 3.07. The molecule has 2 rings (SSSR count). The van der Waals surface area contributed by atoms with Gasteiger partial charge in [0.1, 0.15) is 5.75 Å². The fourth-order valence-electron chi connectivity index (χ4n) is 2.92. The fraction of sp³-hybridized carbons (Fsp3) is 0.625. The summed E-state index contributed by atoms with van der Waals surface area (Å²) >= 11 is 0. The lowest BCUT2D eigenvalue weighted by Gasteiger charge is -2.32. The van der Waals surface area contributed by atoms with Crippen LogP contribution < -0.4 is 10.5 Å². The number of piperidine rings is 1. The molecule has 1 aliphatic heterocycles. The third-order valence-electron chi connectivity index (χ3n) is 3.79. The van der Waals surface area contributed by atoms with E-state index in [-0.39, 0.29) is 12.4 Å². The Morgan fingerprint density at radius 1 is 1.40 bits per heavy atom. The van der Waals surface area contributed by atoms with Crippen LogP contribution in [0.2, 0.25) is 0 Å². The standard InChI is InChI=1S/C16H26N2O.ClH/c1-2-19-16-7-3-5-15(11-16)13-18-10-4-6-14(12-18)8-9-17;/h3,5,7,11,14H,2,4,6,8-10,12-13,17H2,1H3;1H. The van der Waals surface area contributed by atoms with E-state index in [0.717, 1.165) is 37.8 Å². The van der Waals surface area contributed by atoms with Crippen molar-refractivity contribution in [2.45, 2.75) is 32.7 Å². The molecule has 0 aliphatic carbocycles. The van der Waals surface area contributed by atoms with Crippen molar-refractivity contribution in [2.24, 2.45) is 11.7 Å². The second kappa shape index (κ2) is 9.22. The van der Waals surface area contributed by atoms with E-state index in [2.05, 4.69) is 23.1 Å². The van der Waals surface area contributed by atoms with Crippen LogP contribution in [-0.4, -0.2) is 31.1 Å². The maximum absolute atomic E-state index is 5.68. The Kier molecular flexibility index (Phi) is 7.97. The molecule has 4 heteroatoms. The Bertz CT molecular complexity index is 384. The fourth-order valence-corrected chi connectivity index (χ4v) is 2.92. The molecule has 0 saturated carbocycles. The van der Waals surface area contributed by atoms with Crippen molar-refractivity contribution in [2.75, 3.05) is 26.2 Å². The summed E-state index contributed by atoms with van der Waals surface area (Å²) in [7, 11) is 0. The normalized spacial score (nSPS) is 19.4. The van der Waals surface area contributed by atoms with Gasteiger partial charge >= 0.3 is 0 Å². The van der Waals surface area contributed by atoms with E-state index in [4.69, 9.17) is 10.5 Å². The maximum Gasteiger partial charge on any atom is 0.119 e. The molecule has 0 radical (unpaired) electrons. The zero-order valence-corrected chi connectivity index (χ0v) is 13.2. The van der Waals surface area contributed by atoms with Crippen LogP contribution in [0.1, 0.15) is 31.7 Å². The summed E-state index contributed by atoms with van der Waals surface area (Å²) < 4.78 is 5.56. The number of halogens is 1. The largest absolute Gasteiger partial charge is 0.494 e. The zero-order chi connectivity index (χ0) is 13.5. The molecule has 0 spiro atoms. The van der Waals surface area contributed by atoms with Crippen LogP contribution >= 0.6 is 12.4 Å². The molecular weight excluding hydrogens is 272 g/mol. The van der Waals surface area contributed by atoms with Gasteiger partial charge in [-0.1, -0.05) is 12.1 Å². The Morgan fingerprint density at radius 2 is 2.25 bits per heavy atom. The van der Waals surface area contributed by atoms with E-state index in [1.165, 1.54) is 31.5 Å². The van der Waals surface area contributed by atoms with E-state index in [1.807, 2.05) is 13.0 Å². The van der Waals surface area contributed by atoms with Crippen molar-refractivity contribution >= 4 is 12.4 Å². The van der Waals surface area contributed by atoms with Gasteiger partial charge < -0.3 is 10.5 Å². The van der Waals surface area contributed by atoms with Crippen molar-refractivity contribution in [3.8, 4) is 5.75 Å². The zero-order valence-electron chi connectivity index (χ0n) is 12.4. The lowest BCUT2D eigenvalue weighted by Crippen LogP contribution is -2.35. The molecule has 0 bridgehead atoms. The van der Waals surface area contributed by atoms with Crippen LogP contribution in [0.3, 0.4) is 0 Å². The lowest BCUT2D eigenvalue weighted by molar-refractivity contribution is 0.163. The van der Waals surface area contributed by atoms with Gasteiger partial charge in [0, 0.05) is 13.1 Å². The number of benzene rings is 1. The second-order valence-corrected chi connectivity index (χ2v) is 5.40. The quantitative estimate of drug-likeness (QED) is 0.877. The number of nitrogens with zero attached hydrogens (tertiary/aromatic N) is 1. The van der Waals surface area contributed by atoms with E-state index in [1.54, 1.807) is 0 Å². The minimum Gasteiger partial charge on any atom is -0.494 e. The minimum absolute atomic E-state index is 0. The third kappa shape index (κ3) is 5.31. The van der Waals surface area contributed by atoms with Crippen molar-refractivity contribution in [3.63, 3.8) is 0 Å². The van der Waals surface area contributed by atoms with Gasteiger partial charge in [0.25, 0.3) is 0 Å². The van der Waals surface area contributed by atoms with Gasteiger partial charge in [0.05, 0.1) is 6.61 Å². The SMILES string of the molecule is CCOc1cccc(CN2CCCC(CCN)C2)c1.Cl. The summed E-state index contributed by atoms with van der Waals surface area (Å²) in [5.74, 6) is 1.77. The number of hydrogen-bond donors (Lipinski definition) is 1. The Balaban J connectivity index is 0.00000200. The highest BCUT2D eigenvalue weighted by Gasteiger charge is 2.19. The number of rotatable bonds is 6. The van der Waals surface area contributed by atoms with Gasteiger partial charge in [-0.05, 0) is 62.9 Å². The summed E-state index contributed by atoms with van der Waals surface area (Å²) in [5.41, 5.74) is 7.02. The van der Waals surface area contributed by atoms with E-state index >= 15 is 0 Å². The molecule has 1 unspecified atom stereocenters. The Morgan fingerprint density at radius 3 is 3.00 bits per heavy atom. The van der Waals surface area contributed by atoms with Crippen LogP contribution in [-0.2, 0) is 6.54 Å². The minimum atomic E-state index is 0. The third-order valence-corrected chi connectivity index (χ3v) is 3.79. The van der Waals surface area contributed by atoms with Crippen molar-refractivity contribution in [3.05, 3.63) is 29.8 Å². The number of likely N-dealkylation sites (tertiary alicyclic amines) is 1. The van der Waals surface area contributed by atoms with Crippen LogP contribution in [0.4, 0.5) is 0 Å². The summed E-state index contributed by atoms with van der Waals surface area (Å²) in [6, 6.07) is 8.47. The maximum atomic E-state index is 5.68. The molecule has 0 amide bonds. The van der Waals surface area contributed by atoms with Gasteiger partial charge in [-0.2, -0.15) is 0 Å². The van der Waals surface area contributed by atoms with Crippen molar-refractivity contribution < 1.29 is 4.74 Å². The van der Waals surface area contributed by atoms with E-state index < -0.39 is 0 Å². The number of ether oxygens (including phenoxy) is 1. The highest BCUT2D eigenvalue weighted by atomic mass is 35.5. The monoisotopic (exact) mass is 298 g/mol. The van der Waals surface area contributed by atoms with Crippen molar-refractivity contribution in [1.29, 1.82) is 0 Å². The molecule has 0 aromatic heterocycles. The van der Waals surface area contributed by atoms with E-state index in [9.17, 15) is 0 Å². The summed E-state index contributed by atoms with van der Waals surface area (Å²) in [6.45, 7) is 7.00. The van der Waals surface area contributed by atoms with Gasteiger partial charge in [-0.3, -0.25) is 4.90 Å². The molecular formula is C16H27ClN2O. The topological polar surface area (TPSA) is 38.5 Å². The van der Waals surface area contributed by atoms with Crippen molar-refractivity contribution in [1.82, 2.24) is 4.90 Å². The molecule has 1 aliphatic rings. The first-order chi connectivity index (χ1) is 9.31. The Hall–Kier alpha value is -0.770. The number of nitrogens with two attached hydrogens (primary N) is 1. The van der Waals surface area contributed by atoms with Gasteiger partial charge in [-0.15, -0.1) is 12.4 Å².